The van der Waals surface area contributed by atoms with Gasteiger partial charge in [-0.25, -0.2) is 0 Å². The van der Waals surface area contributed by atoms with Crippen LogP contribution in [0.4, 0.5) is 5.69 Å². The number of nitro groups is 1. The quantitative estimate of drug-likeness (QED) is 0.371. The van der Waals surface area contributed by atoms with Crippen LogP contribution >= 0.6 is 11.6 Å². The van der Waals surface area contributed by atoms with E-state index in [4.69, 9.17) is 11.6 Å². The molecular weight excluding hydrogens is 344 g/mol. The van der Waals surface area contributed by atoms with Crippen molar-refractivity contribution in [3.63, 3.8) is 0 Å². The van der Waals surface area contributed by atoms with Gasteiger partial charge in [0.15, 0.2) is 6.29 Å². The molecule has 2 rings (SSSR count). The molecule has 7 nitrogen and oxygen atoms in total. The van der Waals surface area contributed by atoms with E-state index in [1.54, 1.807) is 18.2 Å². The highest BCUT2D eigenvalue weighted by Crippen LogP contribution is 2.31. The van der Waals surface area contributed by atoms with E-state index in [0.717, 1.165) is 0 Å². The Morgan fingerprint density at radius 1 is 1.22 bits per heavy atom. The second-order valence-electron chi connectivity index (χ2n) is 4.52. The molecule has 1 N–H and O–H groups in total. The molecule has 2 aromatic carbocycles. The summed E-state index contributed by atoms with van der Waals surface area (Å²) in [5.41, 5.74) is 1.90. The van der Waals surface area contributed by atoms with Gasteiger partial charge in [-0.1, -0.05) is 41.9 Å². The second kappa shape index (κ2) is 7.32. The molecule has 0 aliphatic heterocycles. The zero-order valence-electron chi connectivity index (χ0n) is 11.5. The van der Waals surface area contributed by atoms with Crippen molar-refractivity contribution in [2.75, 3.05) is 4.72 Å². The molecule has 0 fully saturated rings. The highest BCUT2D eigenvalue weighted by Gasteiger charge is 2.21. The number of nitrogens with zero attached hydrogens (tertiary/aromatic N) is 1. The van der Waals surface area contributed by atoms with Crippen LogP contribution in [0.25, 0.3) is 11.1 Å². The normalized spacial score (nSPS) is 13.1. The molecule has 23 heavy (non-hydrogen) atoms. The molecule has 0 saturated heterocycles. The summed E-state index contributed by atoms with van der Waals surface area (Å²) in [5.74, 6) is 0. The zero-order valence-corrected chi connectivity index (χ0v) is 13.0. The lowest BCUT2D eigenvalue weighted by Crippen LogP contribution is -2.11. The van der Waals surface area contributed by atoms with E-state index in [1.165, 1.54) is 24.3 Å². The number of aldehydes is 1. The van der Waals surface area contributed by atoms with Crippen LogP contribution in [-0.2, 0) is 16.1 Å². The fourth-order valence-corrected chi connectivity index (χ4v) is 2.63. The summed E-state index contributed by atoms with van der Waals surface area (Å²) in [5, 5.41) is 11.1. The Kier molecular flexibility index (Phi) is 5.43. The highest BCUT2D eigenvalue weighted by atomic mass is 35.5. The minimum atomic E-state index is -2.45. The third kappa shape index (κ3) is 4.13. The van der Waals surface area contributed by atoms with E-state index in [9.17, 15) is 23.7 Å². The van der Waals surface area contributed by atoms with Crippen molar-refractivity contribution in [3.8, 4) is 11.1 Å². The maximum absolute atomic E-state index is 10.8. The number of benzene rings is 2. The van der Waals surface area contributed by atoms with Crippen LogP contribution in [0.15, 0.2) is 42.5 Å². The summed E-state index contributed by atoms with van der Waals surface area (Å²) in [6.45, 7) is 0. The SMILES string of the molecule is O=CC(c1ccc(-c2ccc(NS(=O)[O-])cc2Cl)cc1)[N+](=O)[O-]. The average molecular weight is 354 g/mol. The number of hydrogen-bond donors (Lipinski definition) is 1. The van der Waals surface area contributed by atoms with E-state index in [2.05, 4.69) is 4.72 Å². The first-order chi connectivity index (χ1) is 10.9. The Morgan fingerprint density at radius 2 is 1.87 bits per heavy atom. The fourth-order valence-electron chi connectivity index (χ4n) is 2.02. The monoisotopic (exact) mass is 353 g/mol. The van der Waals surface area contributed by atoms with Crippen LogP contribution in [0, 0.1) is 10.1 Å². The first-order valence-electron chi connectivity index (χ1n) is 6.27. The minimum Gasteiger partial charge on any atom is -0.755 e. The van der Waals surface area contributed by atoms with Crippen molar-refractivity contribution in [1.82, 2.24) is 0 Å². The molecule has 0 saturated carbocycles. The molecule has 0 aliphatic carbocycles. The summed E-state index contributed by atoms with van der Waals surface area (Å²) in [6, 6.07) is 9.38. The van der Waals surface area contributed by atoms with Gasteiger partial charge in [0, 0.05) is 33.0 Å². The van der Waals surface area contributed by atoms with Crippen molar-refractivity contribution in [1.29, 1.82) is 0 Å². The molecule has 120 valence electrons. The molecule has 0 aliphatic rings. The Bertz CT molecular complexity index is 766. The standard InChI is InChI=1S/C14H11ClN2O5S/c15-13-7-11(16-23(21)22)5-6-12(13)9-1-3-10(4-2-9)14(8-18)17(19)20/h1-8,14,16H,(H,21,22)/p-1. The summed E-state index contributed by atoms with van der Waals surface area (Å²) in [7, 11) is 0. The van der Waals surface area contributed by atoms with Crippen molar-refractivity contribution in [2.24, 2.45) is 0 Å². The molecule has 0 amide bonds. The first kappa shape index (κ1) is 17.1. The van der Waals surface area contributed by atoms with Gasteiger partial charge in [0.05, 0.1) is 5.02 Å². The van der Waals surface area contributed by atoms with Gasteiger partial charge in [-0.3, -0.25) is 19.1 Å². The Hall–Kier alpha value is -2.29. The van der Waals surface area contributed by atoms with Gasteiger partial charge in [0.1, 0.15) is 0 Å². The van der Waals surface area contributed by atoms with Crippen LogP contribution in [0.1, 0.15) is 11.6 Å². The summed E-state index contributed by atoms with van der Waals surface area (Å²) < 4.78 is 23.4. The van der Waals surface area contributed by atoms with Crippen molar-refractivity contribution >= 4 is 34.8 Å². The third-order valence-electron chi connectivity index (χ3n) is 3.09. The molecular formula is C14H10ClN2O5S-. The van der Waals surface area contributed by atoms with Gasteiger partial charge < -0.3 is 9.27 Å². The maximum Gasteiger partial charge on any atom is 0.292 e. The highest BCUT2D eigenvalue weighted by molar-refractivity contribution is 7.80. The van der Waals surface area contributed by atoms with Crippen molar-refractivity contribution in [2.45, 2.75) is 6.04 Å². The van der Waals surface area contributed by atoms with Gasteiger partial charge in [-0.05, 0) is 17.7 Å². The van der Waals surface area contributed by atoms with Gasteiger partial charge in [0.2, 0.25) is 0 Å². The summed E-state index contributed by atoms with van der Waals surface area (Å²) in [6.07, 6.45) is 0.269. The summed E-state index contributed by atoms with van der Waals surface area (Å²) >= 11 is 3.68. The molecule has 0 aromatic heterocycles. The molecule has 2 aromatic rings. The van der Waals surface area contributed by atoms with Crippen molar-refractivity contribution in [3.05, 3.63) is 63.2 Å². The molecule has 0 spiro atoms. The van der Waals surface area contributed by atoms with Crippen LogP contribution in [-0.4, -0.2) is 20.0 Å². The number of anilines is 1. The molecule has 9 heteroatoms. The lowest BCUT2D eigenvalue weighted by Gasteiger charge is -2.11. The zero-order chi connectivity index (χ0) is 17.0. The Balaban J connectivity index is 2.31. The minimum absolute atomic E-state index is 0.268. The number of carbonyl (C=O) groups excluding carboxylic acids is 1. The Labute approximate surface area is 138 Å². The van der Waals surface area contributed by atoms with Crippen LogP contribution in [0.2, 0.25) is 5.02 Å². The van der Waals surface area contributed by atoms with E-state index >= 15 is 0 Å². The molecule has 0 heterocycles. The van der Waals surface area contributed by atoms with Crippen molar-refractivity contribution < 1.29 is 18.5 Å². The number of halogens is 1. The average Bonchev–Trinajstić information content (AvgIpc) is 2.48. The van der Waals surface area contributed by atoms with Crippen LogP contribution in [0.5, 0.6) is 0 Å². The lowest BCUT2D eigenvalue weighted by atomic mass is 10.0. The number of rotatable bonds is 6. The van der Waals surface area contributed by atoms with Gasteiger partial charge in [-0.15, -0.1) is 0 Å². The van der Waals surface area contributed by atoms with E-state index in [1.807, 2.05) is 0 Å². The maximum atomic E-state index is 10.8. The van der Waals surface area contributed by atoms with Gasteiger partial charge >= 0.3 is 0 Å². The number of hydrogen-bond acceptors (Lipinski definition) is 5. The number of carbonyl (C=O) groups is 1. The van der Waals surface area contributed by atoms with E-state index < -0.39 is 22.2 Å². The van der Waals surface area contributed by atoms with E-state index in [-0.39, 0.29) is 11.8 Å². The fraction of sp³-hybridized carbons (Fsp3) is 0.0714. The largest absolute Gasteiger partial charge is 0.755 e. The third-order valence-corrected chi connectivity index (χ3v) is 3.80. The lowest BCUT2D eigenvalue weighted by molar-refractivity contribution is -0.511. The predicted octanol–water partition coefficient (Wildman–Crippen LogP) is 2.73. The smallest absolute Gasteiger partial charge is 0.292 e. The van der Waals surface area contributed by atoms with Gasteiger partial charge in [0.25, 0.3) is 6.04 Å². The Morgan fingerprint density at radius 3 is 2.35 bits per heavy atom. The molecule has 2 atom stereocenters. The number of nitrogens with one attached hydrogen (secondary N) is 1. The summed E-state index contributed by atoms with van der Waals surface area (Å²) in [4.78, 5) is 20.9. The second-order valence-corrected chi connectivity index (χ2v) is 5.60. The molecule has 2 unspecified atom stereocenters. The molecule has 0 bridgehead atoms. The van der Waals surface area contributed by atoms with Crippen LogP contribution in [0.3, 0.4) is 0 Å². The first-order valence-corrected chi connectivity index (χ1v) is 7.72. The van der Waals surface area contributed by atoms with Gasteiger partial charge in [-0.2, -0.15) is 0 Å². The van der Waals surface area contributed by atoms with Crippen LogP contribution < -0.4 is 4.72 Å². The topological polar surface area (TPSA) is 112 Å². The van der Waals surface area contributed by atoms with E-state index in [0.29, 0.717) is 21.8 Å². The predicted molar refractivity (Wildman–Crippen MR) is 85.2 cm³/mol. The molecule has 0 radical (unpaired) electrons.